The molecule has 1 N–H and O–H groups in total. The second-order valence-electron chi connectivity index (χ2n) is 5.94. The van der Waals surface area contributed by atoms with Crippen LogP contribution in [0.25, 0.3) is 0 Å². The fraction of sp³-hybridized carbons (Fsp3) is 0.438. The second kappa shape index (κ2) is 6.19. The van der Waals surface area contributed by atoms with Crippen molar-refractivity contribution in [2.45, 2.75) is 12.8 Å². The van der Waals surface area contributed by atoms with Gasteiger partial charge in [-0.15, -0.1) is 0 Å². The van der Waals surface area contributed by atoms with Gasteiger partial charge in [0.1, 0.15) is 11.9 Å². The molecule has 1 saturated heterocycles. The highest BCUT2D eigenvalue weighted by molar-refractivity contribution is 6.31. The molecule has 0 aliphatic carbocycles. The van der Waals surface area contributed by atoms with Gasteiger partial charge in [0.15, 0.2) is 0 Å². The molecule has 2 aromatic heterocycles. The lowest BCUT2D eigenvalue weighted by Crippen LogP contribution is -2.23. The minimum absolute atomic E-state index is 0.0866. The molecule has 1 aliphatic heterocycles. The lowest BCUT2D eigenvalue weighted by atomic mass is 9.92. The van der Waals surface area contributed by atoms with Crippen LogP contribution in [0.15, 0.2) is 18.6 Å². The van der Waals surface area contributed by atoms with E-state index < -0.39 is 0 Å². The summed E-state index contributed by atoms with van der Waals surface area (Å²) in [5, 5.41) is 23.9. The van der Waals surface area contributed by atoms with Crippen LogP contribution >= 0.6 is 11.6 Å². The van der Waals surface area contributed by atoms with Crippen LogP contribution in [-0.4, -0.2) is 39.6 Å². The average Bonchev–Trinajstić information content (AvgIpc) is 3.15. The Morgan fingerprint density at radius 1 is 1.43 bits per heavy atom. The number of hydrogen-bond acceptors (Lipinski definition) is 5. The van der Waals surface area contributed by atoms with E-state index in [1.165, 1.54) is 0 Å². The highest BCUT2D eigenvalue weighted by Crippen LogP contribution is 2.36. The Labute approximate surface area is 139 Å². The van der Waals surface area contributed by atoms with Crippen molar-refractivity contribution < 1.29 is 5.11 Å². The van der Waals surface area contributed by atoms with Crippen molar-refractivity contribution >= 4 is 17.4 Å². The molecule has 2 aromatic rings. The number of aliphatic hydroxyl groups is 1. The number of hydrogen-bond donors (Lipinski definition) is 1. The minimum Gasteiger partial charge on any atom is -0.396 e. The van der Waals surface area contributed by atoms with Crippen molar-refractivity contribution in [1.82, 2.24) is 14.8 Å². The minimum atomic E-state index is 0.0866. The Hall–Kier alpha value is -2.10. The van der Waals surface area contributed by atoms with Gasteiger partial charge < -0.3 is 10.0 Å². The van der Waals surface area contributed by atoms with Gasteiger partial charge >= 0.3 is 0 Å². The van der Waals surface area contributed by atoms with E-state index in [4.69, 9.17) is 11.6 Å². The summed E-state index contributed by atoms with van der Waals surface area (Å²) in [5.41, 5.74) is 2.34. The first-order chi connectivity index (χ1) is 11.0. The van der Waals surface area contributed by atoms with Crippen LogP contribution < -0.4 is 4.90 Å². The molecular formula is C16H18ClN5O. The van der Waals surface area contributed by atoms with Gasteiger partial charge in [0.05, 0.1) is 16.8 Å². The Morgan fingerprint density at radius 3 is 2.83 bits per heavy atom. The lowest BCUT2D eigenvalue weighted by Gasteiger charge is -2.19. The van der Waals surface area contributed by atoms with Crippen molar-refractivity contribution in [3.05, 3.63) is 40.3 Å². The smallest absolute Gasteiger partial charge is 0.146 e. The maximum absolute atomic E-state index is 9.73. The molecular weight excluding hydrogens is 314 g/mol. The third-order valence-electron chi connectivity index (χ3n) is 4.50. The third-order valence-corrected chi connectivity index (χ3v) is 4.88. The Kier molecular flexibility index (Phi) is 4.24. The molecule has 23 heavy (non-hydrogen) atoms. The zero-order valence-corrected chi connectivity index (χ0v) is 13.8. The summed E-state index contributed by atoms with van der Waals surface area (Å²) < 4.78 is 1.76. The molecule has 0 radical (unpaired) electrons. The van der Waals surface area contributed by atoms with Crippen molar-refractivity contribution in [2.24, 2.45) is 13.0 Å². The topological polar surface area (TPSA) is 78.0 Å². The number of pyridine rings is 1. The van der Waals surface area contributed by atoms with Crippen LogP contribution in [0.1, 0.15) is 22.6 Å². The molecule has 0 spiro atoms. The summed E-state index contributed by atoms with van der Waals surface area (Å²) in [7, 11) is 1.88. The second-order valence-corrected chi connectivity index (χ2v) is 6.35. The van der Waals surface area contributed by atoms with Gasteiger partial charge in [-0.1, -0.05) is 11.6 Å². The number of aliphatic hydroxyl groups excluding tert-OH is 1. The molecule has 0 bridgehead atoms. The largest absolute Gasteiger partial charge is 0.396 e. The zero-order chi connectivity index (χ0) is 16.6. The Balaban J connectivity index is 1.94. The van der Waals surface area contributed by atoms with E-state index in [1.807, 2.05) is 26.4 Å². The molecule has 6 nitrogen and oxygen atoms in total. The summed E-state index contributed by atoms with van der Waals surface area (Å²) in [4.78, 5) is 6.42. The fourth-order valence-electron chi connectivity index (χ4n) is 3.18. The van der Waals surface area contributed by atoms with Gasteiger partial charge in [0, 0.05) is 51.0 Å². The van der Waals surface area contributed by atoms with Gasteiger partial charge in [-0.05, 0) is 18.1 Å². The molecule has 1 fully saturated rings. The van der Waals surface area contributed by atoms with E-state index >= 15 is 0 Å². The van der Waals surface area contributed by atoms with Crippen LogP contribution in [-0.2, 0) is 7.05 Å². The highest BCUT2D eigenvalue weighted by atomic mass is 35.5. The van der Waals surface area contributed by atoms with Gasteiger partial charge in [-0.25, -0.2) is 4.98 Å². The normalized spacial score (nSPS) is 20.7. The maximum atomic E-state index is 9.73. The van der Waals surface area contributed by atoms with Crippen molar-refractivity contribution in [2.75, 3.05) is 24.6 Å². The number of anilines is 1. The van der Waals surface area contributed by atoms with Crippen LogP contribution in [0.5, 0.6) is 0 Å². The predicted octanol–water partition coefficient (Wildman–Crippen LogP) is 1.86. The summed E-state index contributed by atoms with van der Waals surface area (Å²) in [6.07, 6.45) is 5.39. The van der Waals surface area contributed by atoms with E-state index in [9.17, 15) is 10.4 Å². The number of halogens is 1. The van der Waals surface area contributed by atoms with Gasteiger partial charge in [-0.2, -0.15) is 10.4 Å². The van der Waals surface area contributed by atoms with Gasteiger partial charge in [-0.3, -0.25) is 4.68 Å². The Bertz CT molecular complexity index is 766. The summed E-state index contributed by atoms with van der Waals surface area (Å²) >= 11 is 6.07. The van der Waals surface area contributed by atoms with Crippen molar-refractivity contribution in [3.63, 3.8) is 0 Å². The van der Waals surface area contributed by atoms with Crippen LogP contribution in [0, 0.1) is 24.2 Å². The molecule has 0 unspecified atom stereocenters. The quantitative estimate of drug-likeness (QED) is 0.928. The molecule has 3 rings (SSSR count). The Morgan fingerprint density at radius 2 is 2.22 bits per heavy atom. The van der Waals surface area contributed by atoms with Gasteiger partial charge in [0.2, 0.25) is 0 Å². The molecule has 1 aliphatic rings. The lowest BCUT2D eigenvalue weighted by molar-refractivity contribution is 0.227. The molecule has 0 amide bonds. The molecule has 7 heteroatoms. The van der Waals surface area contributed by atoms with Crippen molar-refractivity contribution in [3.8, 4) is 6.07 Å². The summed E-state index contributed by atoms with van der Waals surface area (Å²) in [6.45, 7) is 3.26. The van der Waals surface area contributed by atoms with E-state index in [0.717, 1.165) is 11.1 Å². The number of nitrogens with zero attached hydrogens (tertiary/aromatic N) is 5. The van der Waals surface area contributed by atoms with Crippen molar-refractivity contribution in [1.29, 1.82) is 5.26 Å². The van der Waals surface area contributed by atoms with E-state index in [2.05, 4.69) is 21.1 Å². The zero-order valence-electron chi connectivity index (χ0n) is 13.1. The van der Waals surface area contributed by atoms with Crippen LogP contribution in [0.3, 0.4) is 0 Å². The van der Waals surface area contributed by atoms with E-state index in [-0.39, 0.29) is 18.4 Å². The van der Waals surface area contributed by atoms with Crippen LogP contribution in [0.4, 0.5) is 5.82 Å². The number of nitriles is 1. The number of aromatic nitrogens is 3. The average molecular weight is 332 g/mol. The number of rotatable bonds is 3. The summed E-state index contributed by atoms with van der Waals surface area (Å²) in [5.74, 6) is 0.890. The molecule has 0 saturated carbocycles. The highest BCUT2D eigenvalue weighted by Gasteiger charge is 2.36. The molecule has 2 atom stereocenters. The molecule has 120 valence electrons. The number of aryl methyl sites for hydroxylation is 1. The monoisotopic (exact) mass is 331 g/mol. The molecule has 3 heterocycles. The standard InChI is InChI=1S/C16H18ClN5O/c1-10-13(3-18)16(19-5-15(10)17)22-7-12(9-23)14(8-22)11-4-20-21(2)6-11/h4-6,12,14,23H,7-9H2,1-2H3/t12-,14-/m0/s1. The third kappa shape index (κ3) is 2.78. The SMILES string of the molecule is Cc1c(Cl)cnc(N2C[C@@H](CO)[C@H](c3cnn(C)c3)C2)c1C#N. The maximum Gasteiger partial charge on any atom is 0.146 e. The first-order valence-corrected chi connectivity index (χ1v) is 7.82. The first-order valence-electron chi connectivity index (χ1n) is 7.44. The van der Waals surface area contributed by atoms with Gasteiger partial charge in [0.25, 0.3) is 0 Å². The molecule has 0 aromatic carbocycles. The van der Waals surface area contributed by atoms with E-state index in [1.54, 1.807) is 10.9 Å². The van der Waals surface area contributed by atoms with Crippen LogP contribution in [0.2, 0.25) is 5.02 Å². The van der Waals surface area contributed by atoms with E-state index in [0.29, 0.717) is 29.5 Å². The summed E-state index contributed by atoms with van der Waals surface area (Å²) in [6, 6.07) is 2.21. The fourth-order valence-corrected chi connectivity index (χ4v) is 3.32. The predicted molar refractivity (Wildman–Crippen MR) is 87.4 cm³/mol. The first kappa shape index (κ1) is 15.8.